The third-order valence-corrected chi connectivity index (χ3v) is 10.7. The predicted octanol–water partition coefficient (Wildman–Crippen LogP) is 7.26. The molecule has 0 aromatic rings. The second kappa shape index (κ2) is 12.4. The molecule has 4 aliphatic rings. The van der Waals surface area contributed by atoms with Crippen LogP contribution >= 0.6 is 0 Å². The zero-order valence-electron chi connectivity index (χ0n) is 24.4. The standard InChI is InChI=1S/C34H52O4/c1-6-8-32(37)34(19-20-34)18-16-28(38-5)13-10-23(2)29-14-15-30-25(9-7-17-33(29,30)4)11-12-26-21-27(35)22-31(36)24(26)3/h10-13,23,27-31,35-36H,3,6-9,14-22H2,1-2,4-5H3/b13-10+,25-11+,26-12-/t23-,27-,28+,29-,30+,31+,33-/m1/s1. The molecule has 4 nitrogen and oxygen atoms in total. The smallest absolute Gasteiger partial charge is 0.139 e. The normalized spacial score (nSPS) is 36.5. The summed E-state index contributed by atoms with van der Waals surface area (Å²) < 4.78 is 5.83. The van der Waals surface area contributed by atoms with Crippen molar-refractivity contribution in [3.05, 3.63) is 47.6 Å². The molecule has 4 heteroatoms. The number of aliphatic hydroxyl groups excluding tert-OH is 2. The first-order chi connectivity index (χ1) is 18.1. The number of carbonyl (C=O) groups excluding carboxylic acids is 1. The van der Waals surface area contributed by atoms with Crippen molar-refractivity contribution in [2.45, 2.75) is 123 Å². The van der Waals surface area contributed by atoms with E-state index in [0.717, 1.165) is 56.1 Å². The summed E-state index contributed by atoms with van der Waals surface area (Å²) in [7, 11) is 1.80. The molecule has 0 aromatic heterocycles. The van der Waals surface area contributed by atoms with Gasteiger partial charge in [-0.05, 0) is 105 Å². The van der Waals surface area contributed by atoms with Gasteiger partial charge >= 0.3 is 0 Å². The van der Waals surface area contributed by atoms with Crippen LogP contribution in [0.3, 0.4) is 0 Å². The summed E-state index contributed by atoms with van der Waals surface area (Å²) in [6, 6.07) is 0. The molecule has 0 unspecified atom stereocenters. The molecule has 2 N–H and O–H groups in total. The van der Waals surface area contributed by atoms with Crippen LogP contribution in [0.4, 0.5) is 0 Å². The third kappa shape index (κ3) is 6.29. The van der Waals surface area contributed by atoms with Crippen molar-refractivity contribution in [3.63, 3.8) is 0 Å². The Kier molecular flexibility index (Phi) is 9.59. The molecule has 4 aliphatic carbocycles. The molecule has 0 amide bonds. The van der Waals surface area contributed by atoms with E-state index in [-0.39, 0.29) is 11.5 Å². The van der Waals surface area contributed by atoms with Gasteiger partial charge in [0.2, 0.25) is 0 Å². The summed E-state index contributed by atoms with van der Waals surface area (Å²) in [6.45, 7) is 11.1. The Morgan fingerprint density at radius 3 is 2.63 bits per heavy atom. The van der Waals surface area contributed by atoms with E-state index >= 15 is 0 Å². The van der Waals surface area contributed by atoms with Crippen molar-refractivity contribution >= 4 is 5.78 Å². The number of hydrogen-bond acceptors (Lipinski definition) is 4. The number of aliphatic hydroxyl groups is 2. The number of methoxy groups -OCH3 is 1. The Hall–Kier alpha value is -1.49. The third-order valence-electron chi connectivity index (χ3n) is 10.7. The van der Waals surface area contributed by atoms with Gasteiger partial charge in [-0.15, -0.1) is 0 Å². The van der Waals surface area contributed by atoms with Crippen LogP contribution in [0.25, 0.3) is 0 Å². The molecule has 0 aliphatic heterocycles. The first-order valence-electron chi connectivity index (χ1n) is 15.3. The van der Waals surface area contributed by atoms with E-state index in [1.165, 1.54) is 31.3 Å². The van der Waals surface area contributed by atoms with Gasteiger partial charge in [-0.1, -0.05) is 57.2 Å². The highest BCUT2D eigenvalue weighted by Crippen LogP contribution is 2.59. The maximum Gasteiger partial charge on any atom is 0.139 e. The molecular formula is C34H52O4. The minimum Gasteiger partial charge on any atom is -0.393 e. The average molecular weight is 525 g/mol. The van der Waals surface area contributed by atoms with Crippen LogP contribution < -0.4 is 0 Å². The molecule has 7 atom stereocenters. The fourth-order valence-electron chi connectivity index (χ4n) is 8.06. The fourth-order valence-corrected chi connectivity index (χ4v) is 8.06. The number of Topliss-reactive ketones (excluding diaryl/α,β-unsaturated/α-hetero) is 1. The zero-order valence-corrected chi connectivity index (χ0v) is 24.4. The van der Waals surface area contributed by atoms with E-state index in [2.05, 4.69) is 51.7 Å². The lowest BCUT2D eigenvalue weighted by Crippen LogP contribution is -2.35. The molecule has 4 fully saturated rings. The van der Waals surface area contributed by atoms with Crippen LogP contribution in [0.2, 0.25) is 0 Å². The molecule has 4 rings (SSSR count). The zero-order chi connectivity index (χ0) is 27.5. The largest absolute Gasteiger partial charge is 0.393 e. The highest BCUT2D eigenvalue weighted by Gasteiger charge is 2.50. The molecule has 0 bridgehead atoms. The van der Waals surface area contributed by atoms with Crippen molar-refractivity contribution < 1.29 is 19.7 Å². The maximum atomic E-state index is 12.6. The SMILES string of the molecule is C=C1/C(=C\C=C2/CCC[C@]3(C)[C@@H]([C@H](C)/C=C/[C@@H](CCC4(C(=O)CCC)CC4)OC)CC[C@@H]23)C[C@@H](O)C[C@@H]1O. The van der Waals surface area contributed by atoms with Crippen LogP contribution in [0.5, 0.6) is 0 Å². The molecule has 0 radical (unpaired) electrons. The summed E-state index contributed by atoms with van der Waals surface area (Å²) in [5, 5.41) is 20.3. The Balaban J connectivity index is 1.39. The van der Waals surface area contributed by atoms with Crippen LogP contribution in [0.15, 0.2) is 47.6 Å². The van der Waals surface area contributed by atoms with E-state index in [4.69, 9.17) is 4.74 Å². The number of rotatable bonds is 11. The maximum absolute atomic E-state index is 12.6. The van der Waals surface area contributed by atoms with Crippen molar-refractivity contribution in [3.8, 4) is 0 Å². The first-order valence-corrected chi connectivity index (χ1v) is 15.3. The van der Waals surface area contributed by atoms with Crippen LogP contribution in [0.1, 0.15) is 104 Å². The molecular weight excluding hydrogens is 472 g/mol. The second-order valence-electron chi connectivity index (χ2n) is 13.2. The Morgan fingerprint density at radius 1 is 1.18 bits per heavy atom. The summed E-state index contributed by atoms with van der Waals surface area (Å²) in [5.41, 5.74) is 3.55. The molecule has 0 aromatic carbocycles. The number of ether oxygens (including phenoxy) is 1. The number of carbonyl (C=O) groups is 1. The minimum atomic E-state index is -0.633. The van der Waals surface area contributed by atoms with Gasteiger partial charge in [0.15, 0.2) is 0 Å². The summed E-state index contributed by atoms with van der Waals surface area (Å²) >= 11 is 0. The van der Waals surface area contributed by atoms with Gasteiger partial charge < -0.3 is 14.9 Å². The van der Waals surface area contributed by atoms with E-state index in [1.807, 2.05) is 0 Å². The van der Waals surface area contributed by atoms with Gasteiger partial charge in [-0.3, -0.25) is 4.79 Å². The topological polar surface area (TPSA) is 66.8 Å². The Labute approximate surface area is 231 Å². The molecule has 4 saturated carbocycles. The molecule has 38 heavy (non-hydrogen) atoms. The number of hydrogen-bond donors (Lipinski definition) is 2. The Bertz CT molecular complexity index is 954. The highest BCUT2D eigenvalue weighted by molar-refractivity contribution is 5.87. The number of allylic oxidation sites excluding steroid dienone is 4. The molecule has 0 spiro atoms. The summed E-state index contributed by atoms with van der Waals surface area (Å²) in [5.74, 6) is 2.19. The number of ketones is 1. The van der Waals surface area contributed by atoms with Crippen molar-refractivity contribution in [1.29, 1.82) is 0 Å². The molecule has 212 valence electrons. The van der Waals surface area contributed by atoms with Gasteiger partial charge in [0.25, 0.3) is 0 Å². The first kappa shape index (κ1) is 29.5. The van der Waals surface area contributed by atoms with Gasteiger partial charge in [-0.2, -0.15) is 0 Å². The number of fused-ring (bicyclic) bond motifs is 1. The quantitative estimate of drug-likeness (QED) is 0.279. The van der Waals surface area contributed by atoms with E-state index in [1.54, 1.807) is 7.11 Å². The van der Waals surface area contributed by atoms with Crippen LogP contribution in [0, 0.1) is 28.6 Å². The van der Waals surface area contributed by atoms with E-state index in [9.17, 15) is 15.0 Å². The lowest BCUT2D eigenvalue weighted by atomic mass is 9.61. The lowest BCUT2D eigenvalue weighted by molar-refractivity contribution is -0.124. The summed E-state index contributed by atoms with van der Waals surface area (Å²) in [6.07, 6.45) is 20.8. The highest BCUT2D eigenvalue weighted by atomic mass is 16.5. The fraction of sp³-hybridized carbons (Fsp3) is 0.735. The monoisotopic (exact) mass is 524 g/mol. The predicted molar refractivity (Wildman–Crippen MR) is 155 cm³/mol. The lowest BCUT2D eigenvalue weighted by Gasteiger charge is -2.44. The van der Waals surface area contributed by atoms with Gasteiger partial charge in [0, 0.05) is 25.4 Å². The summed E-state index contributed by atoms with van der Waals surface area (Å²) in [4.78, 5) is 12.6. The van der Waals surface area contributed by atoms with Crippen LogP contribution in [-0.4, -0.2) is 41.4 Å². The van der Waals surface area contributed by atoms with E-state index < -0.39 is 12.2 Å². The molecule has 0 saturated heterocycles. The Morgan fingerprint density at radius 2 is 1.95 bits per heavy atom. The van der Waals surface area contributed by atoms with Crippen molar-refractivity contribution in [2.24, 2.45) is 28.6 Å². The average Bonchev–Trinajstić information content (AvgIpc) is 3.59. The van der Waals surface area contributed by atoms with Crippen LogP contribution in [-0.2, 0) is 9.53 Å². The second-order valence-corrected chi connectivity index (χ2v) is 13.2. The van der Waals surface area contributed by atoms with Gasteiger partial charge in [0.05, 0.1) is 18.3 Å². The van der Waals surface area contributed by atoms with Crippen molar-refractivity contribution in [1.82, 2.24) is 0 Å². The molecule has 0 heterocycles. The van der Waals surface area contributed by atoms with Gasteiger partial charge in [0.1, 0.15) is 5.78 Å². The van der Waals surface area contributed by atoms with E-state index in [0.29, 0.717) is 41.8 Å². The van der Waals surface area contributed by atoms with Crippen molar-refractivity contribution in [2.75, 3.05) is 7.11 Å². The van der Waals surface area contributed by atoms with Gasteiger partial charge in [-0.25, -0.2) is 0 Å². The minimum absolute atomic E-state index is 0.0430.